The summed E-state index contributed by atoms with van der Waals surface area (Å²) in [5.74, 6) is 4.64. The van der Waals surface area contributed by atoms with Crippen molar-refractivity contribution in [1.82, 2.24) is 24.7 Å². The standard InChI is InChI=1S/C23H24N6S/c1-15-24-22(20-18(14-30-23(20)25-15)16-7-3-2-4-8-16)28-11-5-9-17(13-28)21-27-26-19-10-6-12-29(19)21/h2-4,7-8,14,17H,5-6,9-13H2,1H3. The molecule has 30 heavy (non-hydrogen) atoms. The lowest BCUT2D eigenvalue weighted by atomic mass is 9.96. The third-order valence-corrected chi connectivity index (χ3v) is 7.21. The first-order valence-corrected chi connectivity index (χ1v) is 11.6. The number of aryl methyl sites for hydroxylation is 2. The van der Waals surface area contributed by atoms with Gasteiger partial charge in [0.25, 0.3) is 0 Å². The van der Waals surface area contributed by atoms with E-state index < -0.39 is 0 Å². The highest BCUT2D eigenvalue weighted by Gasteiger charge is 2.30. The summed E-state index contributed by atoms with van der Waals surface area (Å²) in [5.41, 5.74) is 2.46. The number of rotatable bonds is 3. The molecule has 152 valence electrons. The van der Waals surface area contributed by atoms with Gasteiger partial charge in [-0.25, -0.2) is 9.97 Å². The summed E-state index contributed by atoms with van der Waals surface area (Å²) in [6.07, 6.45) is 4.55. The van der Waals surface area contributed by atoms with Crippen LogP contribution in [0.4, 0.5) is 5.82 Å². The third-order valence-electron chi connectivity index (χ3n) is 6.34. The molecule has 7 heteroatoms. The Kier molecular flexibility index (Phi) is 4.30. The van der Waals surface area contributed by atoms with Gasteiger partial charge in [0.05, 0.1) is 5.39 Å². The second kappa shape index (κ2) is 7.16. The summed E-state index contributed by atoms with van der Waals surface area (Å²) in [6.45, 7) is 5.02. The minimum atomic E-state index is 0.405. The Morgan fingerprint density at radius 1 is 1.03 bits per heavy atom. The Labute approximate surface area is 179 Å². The smallest absolute Gasteiger partial charge is 0.141 e. The fraction of sp³-hybridized carbons (Fsp3) is 0.391. The zero-order chi connectivity index (χ0) is 20.1. The first-order valence-electron chi connectivity index (χ1n) is 10.8. The van der Waals surface area contributed by atoms with Crippen LogP contribution in [0.3, 0.4) is 0 Å². The number of benzene rings is 1. The second-order valence-electron chi connectivity index (χ2n) is 8.30. The van der Waals surface area contributed by atoms with Gasteiger partial charge in [0.1, 0.15) is 28.1 Å². The summed E-state index contributed by atoms with van der Waals surface area (Å²) < 4.78 is 2.36. The molecule has 0 radical (unpaired) electrons. The van der Waals surface area contributed by atoms with Gasteiger partial charge in [-0.3, -0.25) is 0 Å². The van der Waals surface area contributed by atoms with Crippen LogP contribution in [0.1, 0.15) is 42.7 Å². The average molecular weight is 417 g/mol. The van der Waals surface area contributed by atoms with Crippen LogP contribution in [0.25, 0.3) is 21.3 Å². The molecule has 1 unspecified atom stereocenters. The van der Waals surface area contributed by atoms with Crippen molar-refractivity contribution in [3.8, 4) is 11.1 Å². The van der Waals surface area contributed by atoms with Crippen LogP contribution in [-0.4, -0.2) is 37.8 Å². The molecule has 4 aromatic rings. The number of piperidine rings is 1. The van der Waals surface area contributed by atoms with E-state index in [9.17, 15) is 0 Å². The molecule has 1 saturated heterocycles. The highest BCUT2D eigenvalue weighted by atomic mass is 32.1. The van der Waals surface area contributed by atoms with Gasteiger partial charge >= 0.3 is 0 Å². The molecule has 6 nitrogen and oxygen atoms in total. The maximum Gasteiger partial charge on any atom is 0.141 e. The molecular weight excluding hydrogens is 392 g/mol. The quantitative estimate of drug-likeness (QED) is 0.489. The fourth-order valence-electron chi connectivity index (χ4n) is 4.94. The van der Waals surface area contributed by atoms with Crippen molar-refractivity contribution >= 4 is 27.4 Å². The van der Waals surface area contributed by atoms with Gasteiger partial charge in [-0.1, -0.05) is 30.3 Å². The zero-order valence-electron chi connectivity index (χ0n) is 17.1. The lowest BCUT2D eigenvalue weighted by Gasteiger charge is -2.33. The molecule has 6 rings (SSSR count). The predicted molar refractivity (Wildman–Crippen MR) is 120 cm³/mol. The molecule has 0 spiro atoms. The highest BCUT2D eigenvalue weighted by Crippen LogP contribution is 2.40. The number of thiophene rings is 1. The van der Waals surface area contributed by atoms with Crippen LogP contribution in [-0.2, 0) is 13.0 Å². The molecule has 2 aliphatic rings. The number of hydrogen-bond acceptors (Lipinski definition) is 6. The number of nitrogens with zero attached hydrogens (tertiary/aromatic N) is 6. The number of aromatic nitrogens is 5. The molecule has 0 bridgehead atoms. The molecule has 1 aromatic carbocycles. The summed E-state index contributed by atoms with van der Waals surface area (Å²) in [7, 11) is 0. The van der Waals surface area contributed by atoms with Crippen LogP contribution in [0.2, 0.25) is 0 Å². The van der Waals surface area contributed by atoms with Gasteiger partial charge in [-0.2, -0.15) is 0 Å². The van der Waals surface area contributed by atoms with Gasteiger partial charge in [0.15, 0.2) is 0 Å². The topological polar surface area (TPSA) is 59.7 Å². The lowest BCUT2D eigenvalue weighted by molar-refractivity contribution is 0.471. The van der Waals surface area contributed by atoms with E-state index in [1.807, 2.05) is 6.92 Å². The monoisotopic (exact) mass is 416 g/mol. The van der Waals surface area contributed by atoms with E-state index in [4.69, 9.17) is 9.97 Å². The van der Waals surface area contributed by atoms with Gasteiger partial charge in [0.2, 0.25) is 0 Å². The fourth-order valence-corrected chi connectivity index (χ4v) is 5.93. The largest absolute Gasteiger partial charge is 0.355 e. The third kappa shape index (κ3) is 2.91. The molecule has 0 saturated carbocycles. The van der Waals surface area contributed by atoms with Crippen molar-refractivity contribution in [1.29, 1.82) is 0 Å². The Morgan fingerprint density at radius 2 is 1.93 bits per heavy atom. The molecule has 1 atom stereocenters. The van der Waals surface area contributed by atoms with E-state index in [0.29, 0.717) is 5.92 Å². The van der Waals surface area contributed by atoms with E-state index in [-0.39, 0.29) is 0 Å². The first kappa shape index (κ1) is 18.0. The molecule has 2 aliphatic heterocycles. The van der Waals surface area contributed by atoms with Crippen LogP contribution < -0.4 is 4.90 Å². The van der Waals surface area contributed by atoms with Crippen molar-refractivity contribution in [2.45, 2.75) is 45.1 Å². The average Bonchev–Trinajstić information content (AvgIpc) is 3.49. The summed E-state index contributed by atoms with van der Waals surface area (Å²) in [4.78, 5) is 13.2. The molecule has 0 amide bonds. The van der Waals surface area contributed by atoms with Crippen LogP contribution in [0.15, 0.2) is 35.7 Å². The second-order valence-corrected chi connectivity index (χ2v) is 9.16. The SMILES string of the molecule is Cc1nc(N2CCCC(c3nnc4n3CCC4)C2)c2c(-c3ccccc3)csc2n1. The molecule has 0 aliphatic carbocycles. The minimum absolute atomic E-state index is 0.405. The molecular formula is C23H24N6S. The normalized spacial score (nSPS) is 18.8. The van der Waals surface area contributed by atoms with Gasteiger partial charge in [-0.05, 0) is 31.7 Å². The van der Waals surface area contributed by atoms with E-state index in [1.165, 1.54) is 28.8 Å². The Morgan fingerprint density at radius 3 is 2.83 bits per heavy atom. The summed E-state index contributed by atoms with van der Waals surface area (Å²) >= 11 is 1.71. The van der Waals surface area contributed by atoms with Crippen molar-refractivity contribution < 1.29 is 0 Å². The Bertz CT molecular complexity index is 1210. The zero-order valence-corrected chi connectivity index (χ0v) is 17.9. The lowest BCUT2D eigenvalue weighted by Crippen LogP contribution is -2.36. The van der Waals surface area contributed by atoms with Crippen molar-refractivity contribution in [2.75, 3.05) is 18.0 Å². The maximum atomic E-state index is 4.95. The Balaban J connectivity index is 1.42. The van der Waals surface area contributed by atoms with Gasteiger partial charge in [-0.15, -0.1) is 21.5 Å². The van der Waals surface area contributed by atoms with E-state index in [2.05, 4.69) is 55.4 Å². The van der Waals surface area contributed by atoms with E-state index in [1.54, 1.807) is 11.3 Å². The molecule has 0 N–H and O–H groups in total. The predicted octanol–water partition coefficient (Wildman–Crippen LogP) is 4.59. The summed E-state index contributed by atoms with van der Waals surface area (Å²) in [6, 6.07) is 10.6. The summed E-state index contributed by atoms with van der Waals surface area (Å²) in [5, 5.41) is 12.4. The number of anilines is 1. The molecule has 5 heterocycles. The van der Waals surface area contributed by atoms with Crippen LogP contribution >= 0.6 is 11.3 Å². The van der Waals surface area contributed by atoms with Gasteiger partial charge in [0, 0.05) is 42.9 Å². The first-order chi connectivity index (χ1) is 14.8. The van der Waals surface area contributed by atoms with Crippen molar-refractivity contribution in [2.24, 2.45) is 0 Å². The van der Waals surface area contributed by atoms with Crippen LogP contribution in [0.5, 0.6) is 0 Å². The van der Waals surface area contributed by atoms with Crippen LogP contribution in [0, 0.1) is 6.92 Å². The van der Waals surface area contributed by atoms with E-state index in [0.717, 1.165) is 61.2 Å². The number of fused-ring (bicyclic) bond motifs is 2. The van der Waals surface area contributed by atoms with Crippen molar-refractivity contribution in [3.05, 3.63) is 53.2 Å². The molecule has 3 aromatic heterocycles. The van der Waals surface area contributed by atoms with Gasteiger partial charge < -0.3 is 9.47 Å². The number of hydrogen-bond donors (Lipinski definition) is 0. The molecule has 1 fully saturated rings. The van der Waals surface area contributed by atoms with Crippen molar-refractivity contribution in [3.63, 3.8) is 0 Å². The highest BCUT2D eigenvalue weighted by molar-refractivity contribution is 7.17. The minimum Gasteiger partial charge on any atom is -0.355 e. The Hall–Kier alpha value is -2.80. The van der Waals surface area contributed by atoms with E-state index >= 15 is 0 Å². The maximum absolute atomic E-state index is 4.95.